The highest BCUT2D eigenvalue weighted by molar-refractivity contribution is 6.40. The highest BCUT2D eigenvalue weighted by Crippen LogP contribution is 2.52. The Labute approximate surface area is 165 Å². The Morgan fingerprint density at radius 2 is 1.81 bits per heavy atom. The van der Waals surface area contributed by atoms with E-state index in [9.17, 15) is 9.59 Å². The van der Waals surface area contributed by atoms with Gasteiger partial charge >= 0.3 is 11.8 Å². The first kappa shape index (κ1) is 19.8. The molecular formula is C20H27ClN2O4. The van der Waals surface area contributed by atoms with E-state index in [4.69, 9.17) is 21.1 Å². The van der Waals surface area contributed by atoms with Crippen LogP contribution in [-0.4, -0.2) is 43.5 Å². The molecule has 7 heteroatoms. The smallest absolute Gasteiger partial charge is 0.314 e. The molecule has 1 aliphatic heterocycles. The highest BCUT2D eigenvalue weighted by Gasteiger charge is 2.51. The normalized spacial score (nSPS) is 25.9. The molecule has 1 saturated heterocycles. The fraction of sp³-hybridized carbons (Fsp3) is 0.600. The maximum Gasteiger partial charge on any atom is 0.314 e. The molecule has 1 aromatic carbocycles. The van der Waals surface area contributed by atoms with Crippen molar-refractivity contribution in [2.75, 3.05) is 26.1 Å². The summed E-state index contributed by atoms with van der Waals surface area (Å²) in [5.74, 6) is -0.411. The van der Waals surface area contributed by atoms with Gasteiger partial charge in [-0.05, 0) is 30.1 Å². The van der Waals surface area contributed by atoms with Crippen LogP contribution in [0.5, 0.6) is 11.5 Å². The second-order valence-electron chi connectivity index (χ2n) is 8.79. The number of anilines is 1. The molecule has 27 heavy (non-hydrogen) atoms. The van der Waals surface area contributed by atoms with Crippen molar-refractivity contribution in [2.45, 2.75) is 46.1 Å². The van der Waals surface area contributed by atoms with Crippen molar-refractivity contribution in [3.8, 4) is 11.5 Å². The average molecular weight is 395 g/mol. The quantitative estimate of drug-likeness (QED) is 0.793. The maximum absolute atomic E-state index is 12.9. The van der Waals surface area contributed by atoms with Gasteiger partial charge in [-0.3, -0.25) is 9.59 Å². The monoisotopic (exact) mass is 394 g/mol. The van der Waals surface area contributed by atoms with Crippen LogP contribution in [0.25, 0.3) is 0 Å². The van der Waals surface area contributed by atoms with Crippen molar-refractivity contribution < 1.29 is 19.1 Å². The molecule has 3 rings (SSSR count). The van der Waals surface area contributed by atoms with Crippen LogP contribution in [0.4, 0.5) is 5.69 Å². The Morgan fingerprint density at radius 1 is 1.15 bits per heavy atom. The number of methoxy groups -OCH3 is 2. The van der Waals surface area contributed by atoms with Gasteiger partial charge in [-0.1, -0.05) is 32.4 Å². The molecular weight excluding hydrogens is 368 g/mol. The molecule has 0 aromatic heterocycles. The molecule has 148 valence electrons. The molecule has 1 N–H and O–H groups in total. The lowest BCUT2D eigenvalue weighted by Crippen LogP contribution is -2.43. The number of fused-ring (bicyclic) bond motifs is 2. The molecule has 0 spiro atoms. The van der Waals surface area contributed by atoms with Gasteiger partial charge in [0.15, 0.2) is 0 Å². The van der Waals surface area contributed by atoms with Gasteiger partial charge in [0.25, 0.3) is 0 Å². The Hall–Kier alpha value is -1.95. The van der Waals surface area contributed by atoms with Crippen molar-refractivity contribution in [3.05, 3.63) is 17.2 Å². The molecule has 2 amide bonds. The molecule has 6 nitrogen and oxygen atoms in total. The number of hydrogen-bond acceptors (Lipinski definition) is 4. The third-order valence-electron chi connectivity index (χ3n) is 5.59. The highest BCUT2D eigenvalue weighted by atomic mass is 35.5. The van der Waals surface area contributed by atoms with E-state index in [1.54, 1.807) is 17.0 Å². The van der Waals surface area contributed by atoms with E-state index in [0.29, 0.717) is 28.8 Å². The number of ether oxygens (including phenoxy) is 2. The number of nitrogens with zero attached hydrogens (tertiary/aromatic N) is 1. The molecule has 2 bridgehead atoms. The fourth-order valence-corrected chi connectivity index (χ4v) is 5.19. The van der Waals surface area contributed by atoms with E-state index in [2.05, 4.69) is 26.1 Å². The number of amides is 2. The average Bonchev–Trinajstić information content (AvgIpc) is 2.83. The summed E-state index contributed by atoms with van der Waals surface area (Å²) in [5.41, 5.74) is 0.602. The number of benzene rings is 1. The summed E-state index contributed by atoms with van der Waals surface area (Å²) in [5, 5.41) is 3.02. The topological polar surface area (TPSA) is 67.9 Å². The lowest BCUT2D eigenvalue weighted by molar-refractivity contribution is -0.144. The largest absolute Gasteiger partial charge is 0.495 e. The number of rotatable bonds is 3. The molecule has 1 aromatic rings. The first-order valence-corrected chi connectivity index (χ1v) is 9.49. The molecule has 2 aliphatic rings. The van der Waals surface area contributed by atoms with Crippen LogP contribution in [0.3, 0.4) is 0 Å². The summed E-state index contributed by atoms with van der Waals surface area (Å²) < 4.78 is 10.5. The fourth-order valence-electron chi connectivity index (χ4n) is 4.96. The van der Waals surface area contributed by atoms with Crippen LogP contribution in [0.2, 0.25) is 5.02 Å². The van der Waals surface area contributed by atoms with E-state index >= 15 is 0 Å². The number of hydrogen-bond donors (Lipinski definition) is 1. The first-order valence-electron chi connectivity index (χ1n) is 9.11. The zero-order valence-electron chi connectivity index (χ0n) is 16.5. The zero-order valence-corrected chi connectivity index (χ0v) is 17.3. The predicted octanol–water partition coefficient (Wildman–Crippen LogP) is 3.72. The molecule has 1 heterocycles. The molecule has 2 fully saturated rings. The van der Waals surface area contributed by atoms with E-state index in [0.717, 1.165) is 19.3 Å². The van der Waals surface area contributed by atoms with Crippen LogP contribution in [0.1, 0.15) is 40.0 Å². The number of carbonyl (C=O) groups is 2. The van der Waals surface area contributed by atoms with Gasteiger partial charge in [-0.15, -0.1) is 0 Å². The number of halogens is 1. The zero-order chi connectivity index (χ0) is 20.0. The second-order valence-corrected chi connectivity index (χ2v) is 9.20. The van der Waals surface area contributed by atoms with Crippen molar-refractivity contribution in [1.29, 1.82) is 0 Å². The van der Waals surface area contributed by atoms with Gasteiger partial charge < -0.3 is 19.7 Å². The number of carbonyl (C=O) groups excluding carboxylic acids is 2. The van der Waals surface area contributed by atoms with Crippen LogP contribution in [0, 0.1) is 10.8 Å². The molecule has 2 atom stereocenters. The summed E-state index contributed by atoms with van der Waals surface area (Å²) >= 11 is 6.09. The number of nitrogens with one attached hydrogen (secondary N) is 1. The van der Waals surface area contributed by atoms with E-state index in [-0.39, 0.29) is 16.9 Å². The predicted molar refractivity (Wildman–Crippen MR) is 104 cm³/mol. The van der Waals surface area contributed by atoms with Gasteiger partial charge in [0.05, 0.1) is 24.9 Å². The van der Waals surface area contributed by atoms with Crippen LogP contribution < -0.4 is 14.8 Å². The maximum atomic E-state index is 12.9. The van der Waals surface area contributed by atoms with Gasteiger partial charge in [0, 0.05) is 24.7 Å². The van der Waals surface area contributed by atoms with E-state index in [1.807, 2.05) is 0 Å². The SMILES string of the molecule is COc1cc(NC(=O)C(=O)N2CC3(C)CC2CC(C)(C)C3)c(OC)cc1Cl. The van der Waals surface area contributed by atoms with Gasteiger partial charge in [0.1, 0.15) is 11.5 Å². The van der Waals surface area contributed by atoms with Crippen LogP contribution in [0.15, 0.2) is 12.1 Å². The molecule has 1 saturated carbocycles. The van der Waals surface area contributed by atoms with Gasteiger partial charge in [-0.25, -0.2) is 0 Å². The summed E-state index contributed by atoms with van der Waals surface area (Å²) in [6, 6.07) is 3.21. The Kier molecular flexibility index (Phi) is 5.06. The Bertz CT molecular complexity index is 779. The van der Waals surface area contributed by atoms with Crippen molar-refractivity contribution >= 4 is 29.1 Å². The summed E-state index contributed by atoms with van der Waals surface area (Å²) in [7, 11) is 2.96. The lowest BCUT2D eigenvalue weighted by Gasteiger charge is -2.39. The molecule has 1 aliphatic carbocycles. The number of likely N-dealkylation sites (tertiary alicyclic amines) is 1. The van der Waals surface area contributed by atoms with Gasteiger partial charge in [-0.2, -0.15) is 0 Å². The minimum Gasteiger partial charge on any atom is -0.495 e. The van der Waals surface area contributed by atoms with Gasteiger partial charge in [0.2, 0.25) is 0 Å². The minimum absolute atomic E-state index is 0.0730. The summed E-state index contributed by atoms with van der Waals surface area (Å²) in [4.78, 5) is 27.3. The first-order chi connectivity index (χ1) is 12.6. The third-order valence-corrected chi connectivity index (χ3v) is 5.89. The van der Waals surface area contributed by atoms with Crippen LogP contribution in [-0.2, 0) is 9.59 Å². The third kappa shape index (κ3) is 3.86. The summed E-state index contributed by atoms with van der Waals surface area (Å²) in [6.45, 7) is 7.29. The van der Waals surface area contributed by atoms with Crippen molar-refractivity contribution in [1.82, 2.24) is 4.90 Å². The minimum atomic E-state index is -0.674. The second kappa shape index (κ2) is 6.89. The standard InChI is InChI=1S/C20H27ClN2O4/c1-19(2)8-12-9-20(3,10-19)11-23(12)18(25)17(24)22-14-7-15(26-4)13(21)6-16(14)27-5/h6-7,12H,8-11H2,1-5H3,(H,22,24). The molecule has 0 radical (unpaired) electrons. The van der Waals surface area contributed by atoms with E-state index in [1.165, 1.54) is 14.2 Å². The van der Waals surface area contributed by atoms with E-state index < -0.39 is 11.8 Å². The lowest BCUT2D eigenvalue weighted by atomic mass is 9.65. The van der Waals surface area contributed by atoms with Crippen molar-refractivity contribution in [2.24, 2.45) is 10.8 Å². The molecule has 2 unspecified atom stereocenters. The van der Waals surface area contributed by atoms with Crippen molar-refractivity contribution in [3.63, 3.8) is 0 Å². The summed E-state index contributed by atoms with van der Waals surface area (Å²) in [6.07, 6.45) is 2.93. The van der Waals surface area contributed by atoms with Crippen LogP contribution >= 0.6 is 11.6 Å². The Morgan fingerprint density at radius 3 is 2.44 bits per heavy atom. The Balaban J connectivity index is 1.79.